The number of fused-ring (bicyclic) bond motifs is 9. The molecule has 0 aliphatic heterocycles. The van der Waals surface area contributed by atoms with Crippen molar-refractivity contribution >= 4 is 93.1 Å². The van der Waals surface area contributed by atoms with Gasteiger partial charge in [-0.2, -0.15) is 0 Å². The molecule has 2 heterocycles. The van der Waals surface area contributed by atoms with E-state index in [0.717, 1.165) is 61.3 Å². The van der Waals surface area contributed by atoms with Crippen LogP contribution in [-0.4, -0.2) is 4.57 Å². The molecule has 3 heteroatoms. The molecule has 0 atom stereocenters. The van der Waals surface area contributed by atoms with Crippen LogP contribution in [0.4, 0.5) is 17.1 Å². The van der Waals surface area contributed by atoms with Crippen LogP contribution < -0.4 is 4.90 Å². The summed E-state index contributed by atoms with van der Waals surface area (Å²) in [6, 6.07) is 101. The topological polar surface area (TPSA) is 21.3 Å². The number of rotatable bonds is 8. The van der Waals surface area contributed by atoms with Gasteiger partial charge >= 0.3 is 0 Å². The summed E-state index contributed by atoms with van der Waals surface area (Å²) in [7, 11) is 0. The second-order valence-corrected chi connectivity index (χ2v) is 19.6. The molecule has 13 aromatic carbocycles. The maximum atomic E-state index is 7.02. The van der Waals surface area contributed by atoms with Gasteiger partial charge < -0.3 is 13.9 Å². The van der Waals surface area contributed by atoms with Crippen LogP contribution in [0.25, 0.3) is 126 Å². The second kappa shape index (κ2) is 17.4. The third-order valence-corrected chi connectivity index (χ3v) is 15.4. The average Bonchev–Trinajstić information content (AvgIpc) is 4.10. The Kier molecular flexibility index (Phi) is 9.89. The Hall–Kier alpha value is -9.96. The molecule has 0 aliphatic carbocycles. The van der Waals surface area contributed by atoms with Crippen molar-refractivity contribution in [3.8, 4) is 50.2 Å². The standard InChI is InChI=1S/C72H46N2O/c1-4-27-56-48(17-1)20-13-32-58(56)52-24-11-23-51(45-52)47-39-41-54(42-40-47)73(68-44-43-62(61-34-14-21-49-18-2-5-28-57(49)61)72-71(68)64-31-8-10-38-69(64)75-72)55-26-12-25-53(46-55)60-33-16-37-67-70(60)63-30-7-9-35-66(63)74(67)65-36-15-22-50-19-3-6-29-59(50)65/h1-46H. The SMILES string of the molecule is c1cc(-c2ccc(N(c3cccc(-c4cccc5c4c4ccccc4n5-c4cccc5ccccc45)c3)c3ccc(-c4cccc5ccccc45)c4oc5ccccc5c34)cc2)cc(-c2cccc3ccccc23)c1. The minimum Gasteiger partial charge on any atom is -0.455 e. The zero-order chi connectivity index (χ0) is 49.4. The molecule has 15 aromatic rings. The van der Waals surface area contributed by atoms with Crippen molar-refractivity contribution in [2.45, 2.75) is 0 Å². The monoisotopic (exact) mass is 954 g/mol. The number of furan rings is 1. The summed E-state index contributed by atoms with van der Waals surface area (Å²) in [5.41, 5.74) is 17.6. The van der Waals surface area contributed by atoms with Crippen LogP contribution in [0, 0.1) is 0 Å². The van der Waals surface area contributed by atoms with Gasteiger partial charge in [0.05, 0.1) is 27.8 Å². The molecule has 0 fully saturated rings. The normalized spacial score (nSPS) is 11.7. The number of para-hydroxylation sites is 2. The molecule has 0 radical (unpaired) electrons. The lowest BCUT2D eigenvalue weighted by molar-refractivity contribution is 0.670. The minimum atomic E-state index is 0.853. The summed E-state index contributed by atoms with van der Waals surface area (Å²) in [4.78, 5) is 2.43. The lowest BCUT2D eigenvalue weighted by Crippen LogP contribution is -2.10. The van der Waals surface area contributed by atoms with Gasteiger partial charge in [0.1, 0.15) is 11.2 Å². The minimum absolute atomic E-state index is 0.853. The van der Waals surface area contributed by atoms with E-state index in [4.69, 9.17) is 4.42 Å². The third kappa shape index (κ3) is 6.97. The van der Waals surface area contributed by atoms with Crippen molar-refractivity contribution < 1.29 is 4.42 Å². The highest BCUT2D eigenvalue weighted by Gasteiger charge is 2.24. The molecule has 0 unspecified atom stereocenters. The number of hydrogen-bond acceptors (Lipinski definition) is 2. The lowest BCUT2D eigenvalue weighted by atomic mass is 9.94. The first-order chi connectivity index (χ1) is 37.2. The molecule has 0 bridgehead atoms. The lowest BCUT2D eigenvalue weighted by Gasteiger charge is -2.27. The zero-order valence-electron chi connectivity index (χ0n) is 40.9. The average molecular weight is 955 g/mol. The van der Waals surface area contributed by atoms with Crippen LogP contribution in [0.15, 0.2) is 283 Å². The van der Waals surface area contributed by atoms with Crippen molar-refractivity contribution in [1.29, 1.82) is 0 Å². The van der Waals surface area contributed by atoms with Crippen molar-refractivity contribution in [3.05, 3.63) is 279 Å². The van der Waals surface area contributed by atoms with Crippen LogP contribution in [0.1, 0.15) is 0 Å². The van der Waals surface area contributed by atoms with Crippen LogP contribution in [-0.2, 0) is 0 Å². The molecule has 350 valence electrons. The predicted octanol–water partition coefficient (Wildman–Crippen LogP) is 20.3. The Labute approximate surface area is 434 Å². The third-order valence-electron chi connectivity index (χ3n) is 15.4. The molecule has 0 saturated carbocycles. The number of benzene rings is 13. The molecule has 3 nitrogen and oxygen atoms in total. The van der Waals surface area contributed by atoms with E-state index in [1.54, 1.807) is 0 Å². The van der Waals surface area contributed by atoms with Gasteiger partial charge in [0.2, 0.25) is 0 Å². The van der Waals surface area contributed by atoms with E-state index in [2.05, 4.69) is 289 Å². The van der Waals surface area contributed by atoms with Gasteiger partial charge in [0.15, 0.2) is 0 Å². The van der Waals surface area contributed by atoms with E-state index in [9.17, 15) is 0 Å². The quantitative estimate of drug-likeness (QED) is 0.151. The first-order valence-corrected chi connectivity index (χ1v) is 25.7. The van der Waals surface area contributed by atoms with Crippen LogP contribution >= 0.6 is 0 Å². The second-order valence-electron chi connectivity index (χ2n) is 19.6. The van der Waals surface area contributed by atoms with E-state index in [-0.39, 0.29) is 0 Å². The first kappa shape index (κ1) is 42.7. The maximum Gasteiger partial charge on any atom is 0.145 e. The number of nitrogens with zero attached hydrogens (tertiary/aromatic N) is 2. The largest absolute Gasteiger partial charge is 0.455 e. The Morgan fingerprint density at radius 2 is 0.840 bits per heavy atom. The van der Waals surface area contributed by atoms with Crippen molar-refractivity contribution in [3.63, 3.8) is 0 Å². The summed E-state index contributed by atoms with van der Waals surface area (Å²) < 4.78 is 9.47. The maximum absolute atomic E-state index is 7.02. The molecule has 0 aliphatic rings. The van der Waals surface area contributed by atoms with Gasteiger partial charge in [-0.05, 0) is 133 Å². The molecule has 0 spiro atoms. The summed E-state index contributed by atoms with van der Waals surface area (Å²) in [5.74, 6) is 0. The van der Waals surface area contributed by atoms with Gasteiger partial charge in [0, 0.05) is 38.5 Å². The Morgan fingerprint density at radius 3 is 1.63 bits per heavy atom. The van der Waals surface area contributed by atoms with Gasteiger partial charge in [-0.3, -0.25) is 0 Å². The first-order valence-electron chi connectivity index (χ1n) is 25.7. The fraction of sp³-hybridized carbons (Fsp3) is 0. The van der Waals surface area contributed by atoms with Gasteiger partial charge in [-0.15, -0.1) is 0 Å². The summed E-state index contributed by atoms with van der Waals surface area (Å²) in [6.45, 7) is 0. The molecular formula is C72H46N2O. The highest BCUT2D eigenvalue weighted by molar-refractivity contribution is 6.20. The fourth-order valence-corrected chi connectivity index (χ4v) is 12.0. The molecule has 15 rings (SSSR count). The molecule has 0 saturated heterocycles. The van der Waals surface area contributed by atoms with Crippen LogP contribution in [0.5, 0.6) is 0 Å². The van der Waals surface area contributed by atoms with E-state index >= 15 is 0 Å². The Morgan fingerprint density at radius 1 is 0.293 bits per heavy atom. The Bertz CT molecular complexity index is 4710. The molecule has 2 aromatic heterocycles. The van der Waals surface area contributed by atoms with E-state index in [1.165, 1.54) is 82.1 Å². The van der Waals surface area contributed by atoms with E-state index in [1.807, 2.05) is 0 Å². The highest BCUT2D eigenvalue weighted by Crippen LogP contribution is 2.49. The van der Waals surface area contributed by atoms with Crippen molar-refractivity contribution in [2.24, 2.45) is 0 Å². The summed E-state index contributed by atoms with van der Waals surface area (Å²) >= 11 is 0. The number of hydrogen-bond donors (Lipinski definition) is 0. The molecule has 0 N–H and O–H groups in total. The Balaban J connectivity index is 0.932. The summed E-state index contributed by atoms with van der Waals surface area (Å²) in [5, 5.41) is 11.9. The van der Waals surface area contributed by atoms with Gasteiger partial charge in [-0.25, -0.2) is 0 Å². The molecule has 0 amide bonds. The van der Waals surface area contributed by atoms with Gasteiger partial charge in [-0.1, -0.05) is 212 Å². The van der Waals surface area contributed by atoms with Gasteiger partial charge in [0.25, 0.3) is 0 Å². The van der Waals surface area contributed by atoms with Crippen molar-refractivity contribution in [1.82, 2.24) is 4.57 Å². The smallest absolute Gasteiger partial charge is 0.145 e. The number of anilines is 3. The van der Waals surface area contributed by atoms with Crippen molar-refractivity contribution in [2.75, 3.05) is 4.90 Å². The predicted molar refractivity (Wildman–Crippen MR) is 317 cm³/mol. The van der Waals surface area contributed by atoms with Crippen LogP contribution in [0.2, 0.25) is 0 Å². The van der Waals surface area contributed by atoms with E-state index in [0.29, 0.717) is 0 Å². The molecule has 75 heavy (non-hydrogen) atoms. The molecular weight excluding hydrogens is 909 g/mol. The summed E-state index contributed by atoms with van der Waals surface area (Å²) in [6.07, 6.45) is 0. The van der Waals surface area contributed by atoms with E-state index < -0.39 is 0 Å². The van der Waals surface area contributed by atoms with Crippen LogP contribution in [0.3, 0.4) is 0 Å². The zero-order valence-corrected chi connectivity index (χ0v) is 40.9. The highest BCUT2D eigenvalue weighted by atomic mass is 16.3. The number of aromatic nitrogens is 1. The fourth-order valence-electron chi connectivity index (χ4n) is 12.0.